The van der Waals surface area contributed by atoms with Gasteiger partial charge in [-0.2, -0.15) is 0 Å². The summed E-state index contributed by atoms with van der Waals surface area (Å²) < 4.78 is 0. The van der Waals surface area contributed by atoms with Crippen molar-refractivity contribution in [3.63, 3.8) is 0 Å². The standard InChI is InChI=1S/C24H24N4O3/c1-16-6-3-9-20(12-16)27-24(31)28-21-10-4-7-18(13-21)15-25-23(30)19-8-5-11-22(14-19)26-17(2)29/h3-14H,15H2,1-2H3,(H,25,30)(H,26,29)(H2,27,28,31). The number of carbonyl (C=O) groups is 3. The Kier molecular flexibility index (Phi) is 7.01. The molecule has 7 heteroatoms. The number of aryl methyl sites for hydroxylation is 1. The largest absolute Gasteiger partial charge is 0.348 e. The molecule has 0 fully saturated rings. The van der Waals surface area contributed by atoms with E-state index in [0.717, 1.165) is 11.1 Å². The van der Waals surface area contributed by atoms with Gasteiger partial charge in [-0.3, -0.25) is 9.59 Å². The van der Waals surface area contributed by atoms with E-state index in [1.807, 2.05) is 37.3 Å². The van der Waals surface area contributed by atoms with Gasteiger partial charge in [0, 0.05) is 36.1 Å². The van der Waals surface area contributed by atoms with Gasteiger partial charge in [0.25, 0.3) is 5.91 Å². The fourth-order valence-electron chi connectivity index (χ4n) is 3.00. The number of rotatable bonds is 6. The molecular weight excluding hydrogens is 392 g/mol. The first kappa shape index (κ1) is 21.6. The Hall–Kier alpha value is -4.13. The zero-order chi connectivity index (χ0) is 22.2. The number of amides is 4. The van der Waals surface area contributed by atoms with Crippen LogP contribution in [0.2, 0.25) is 0 Å². The third kappa shape index (κ3) is 6.71. The quantitative estimate of drug-likeness (QED) is 0.475. The normalized spacial score (nSPS) is 10.1. The summed E-state index contributed by atoms with van der Waals surface area (Å²) in [7, 11) is 0. The zero-order valence-electron chi connectivity index (χ0n) is 17.4. The molecule has 3 aromatic carbocycles. The van der Waals surface area contributed by atoms with E-state index in [1.165, 1.54) is 6.92 Å². The second-order valence-corrected chi connectivity index (χ2v) is 7.09. The van der Waals surface area contributed by atoms with Gasteiger partial charge in [-0.05, 0) is 60.5 Å². The highest BCUT2D eigenvalue weighted by Crippen LogP contribution is 2.14. The number of carbonyl (C=O) groups excluding carboxylic acids is 3. The first-order valence-corrected chi connectivity index (χ1v) is 9.78. The first-order valence-electron chi connectivity index (χ1n) is 9.78. The fraction of sp³-hybridized carbons (Fsp3) is 0.125. The van der Waals surface area contributed by atoms with E-state index in [1.54, 1.807) is 42.5 Å². The molecule has 0 bridgehead atoms. The minimum atomic E-state index is -0.346. The third-order valence-corrected chi connectivity index (χ3v) is 4.36. The molecule has 0 heterocycles. The summed E-state index contributed by atoms with van der Waals surface area (Å²) in [5, 5.41) is 11.1. The number of hydrogen-bond acceptors (Lipinski definition) is 3. The number of hydrogen-bond donors (Lipinski definition) is 4. The van der Waals surface area contributed by atoms with E-state index in [-0.39, 0.29) is 24.4 Å². The van der Waals surface area contributed by atoms with Crippen LogP contribution in [-0.2, 0) is 11.3 Å². The van der Waals surface area contributed by atoms with Gasteiger partial charge < -0.3 is 21.3 Å². The van der Waals surface area contributed by atoms with Crippen LogP contribution in [0.5, 0.6) is 0 Å². The van der Waals surface area contributed by atoms with Crippen LogP contribution in [0.15, 0.2) is 72.8 Å². The Morgan fingerprint density at radius 1 is 0.742 bits per heavy atom. The second kappa shape index (κ2) is 10.1. The van der Waals surface area contributed by atoms with Crippen molar-refractivity contribution in [2.24, 2.45) is 0 Å². The summed E-state index contributed by atoms with van der Waals surface area (Å²) in [4.78, 5) is 35.9. The predicted octanol–water partition coefficient (Wildman–Crippen LogP) is 4.53. The van der Waals surface area contributed by atoms with E-state index in [4.69, 9.17) is 0 Å². The van der Waals surface area contributed by atoms with E-state index in [0.29, 0.717) is 22.6 Å². The molecule has 0 saturated heterocycles. The lowest BCUT2D eigenvalue weighted by Crippen LogP contribution is -2.23. The molecule has 0 aromatic heterocycles. The first-order chi connectivity index (χ1) is 14.9. The van der Waals surface area contributed by atoms with Gasteiger partial charge in [0.05, 0.1) is 0 Å². The lowest BCUT2D eigenvalue weighted by atomic mass is 10.1. The van der Waals surface area contributed by atoms with E-state index < -0.39 is 0 Å². The maximum Gasteiger partial charge on any atom is 0.323 e. The minimum absolute atomic E-state index is 0.201. The average molecular weight is 416 g/mol. The van der Waals surface area contributed by atoms with Crippen LogP contribution in [0.25, 0.3) is 0 Å². The summed E-state index contributed by atoms with van der Waals surface area (Å²) in [6.07, 6.45) is 0. The molecular formula is C24H24N4O3. The van der Waals surface area contributed by atoms with Crippen LogP contribution in [0.3, 0.4) is 0 Å². The Morgan fingerprint density at radius 3 is 2.03 bits per heavy atom. The van der Waals surface area contributed by atoms with Crippen LogP contribution in [0.4, 0.5) is 21.9 Å². The highest BCUT2D eigenvalue weighted by molar-refractivity contribution is 6.00. The van der Waals surface area contributed by atoms with Gasteiger partial charge in [0.2, 0.25) is 5.91 Å². The molecule has 3 rings (SSSR count). The number of benzene rings is 3. The molecule has 0 atom stereocenters. The Bertz CT molecular complexity index is 1110. The molecule has 7 nitrogen and oxygen atoms in total. The lowest BCUT2D eigenvalue weighted by molar-refractivity contribution is -0.114. The number of nitrogens with one attached hydrogen (secondary N) is 4. The maximum absolute atomic E-state index is 12.4. The smallest absolute Gasteiger partial charge is 0.323 e. The Balaban J connectivity index is 1.57. The summed E-state index contributed by atoms with van der Waals surface area (Å²) in [5.74, 6) is -0.462. The summed E-state index contributed by atoms with van der Waals surface area (Å²) in [6.45, 7) is 3.66. The Morgan fingerprint density at radius 2 is 1.35 bits per heavy atom. The molecule has 0 radical (unpaired) electrons. The molecule has 0 spiro atoms. The molecule has 0 unspecified atom stereocenters. The zero-order valence-corrected chi connectivity index (χ0v) is 17.4. The Labute approximate surface area is 180 Å². The lowest BCUT2D eigenvalue weighted by Gasteiger charge is -2.11. The summed E-state index contributed by atoms with van der Waals surface area (Å²) >= 11 is 0. The van der Waals surface area contributed by atoms with Crippen molar-refractivity contribution in [2.75, 3.05) is 16.0 Å². The van der Waals surface area contributed by atoms with Crippen molar-refractivity contribution in [3.05, 3.63) is 89.5 Å². The van der Waals surface area contributed by atoms with Gasteiger partial charge in [-0.1, -0.05) is 30.3 Å². The fourth-order valence-corrected chi connectivity index (χ4v) is 3.00. The molecule has 0 aliphatic carbocycles. The molecule has 0 saturated carbocycles. The van der Waals surface area contributed by atoms with Crippen LogP contribution in [0, 0.1) is 6.92 Å². The minimum Gasteiger partial charge on any atom is -0.348 e. The van der Waals surface area contributed by atoms with Crippen molar-refractivity contribution in [2.45, 2.75) is 20.4 Å². The maximum atomic E-state index is 12.4. The summed E-state index contributed by atoms with van der Waals surface area (Å²) in [5.41, 5.74) is 4.22. The summed E-state index contributed by atoms with van der Waals surface area (Å²) in [6, 6.07) is 21.1. The molecule has 0 aliphatic rings. The van der Waals surface area contributed by atoms with E-state index >= 15 is 0 Å². The van der Waals surface area contributed by atoms with Crippen molar-refractivity contribution < 1.29 is 14.4 Å². The van der Waals surface area contributed by atoms with Gasteiger partial charge in [0.1, 0.15) is 0 Å². The van der Waals surface area contributed by atoms with Gasteiger partial charge in [-0.25, -0.2) is 4.79 Å². The third-order valence-electron chi connectivity index (χ3n) is 4.36. The second-order valence-electron chi connectivity index (χ2n) is 7.09. The van der Waals surface area contributed by atoms with Crippen LogP contribution in [0.1, 0.15) is 28.4 Å². The van der Waals surface area contributed by atoms with Gasteiger partial charge >= 0.3 is 6.03 Å². The highest BCUT2D eigenvalue weighted by Gasteiger charge is 2.08. The van der Waals surface area contributed by atoms with E-state index in [9.17, 15) is 14.4 Å². The van der Waals surface area contributed by atoms with Gasteiger partial charge in [0.15, 0.2) is 0 Å². The van der Waals surface area contributed by atoms with Crippen LogP contribution in [-0.4, -0.2) is 17.8 Å². The molecule has 4 amide bonds. The predicted molar refractivity (Wildman–Crippen MR) is 122 cm³/mol. The van der Waals surface area contributed by atoms with Crippen molar-refractivity contribution >= 4 is 34.9 Å². The van der Waals surface area contributed by atoms with Crippen molar-refractivity contribution in [1.29, 1.82) is 0 Å². The van der Waals surface area contributed by atoms with Gasteiger partial charge in [-0.15, -0.1) is 0 Å². The van der Waals surface area contributed by atoms with Crippen molar-refractivity contribution in [3.8, 4) is 0 Å². The molecule has 4 N–H and O–H groups in total. The topological polar surface area (TPSA) is 99.3 Å². The highest BCUT2D eigenvalue weighted by atomic mass is 16.2. The monoisotopic (exact) mass is 416 g/mol. The average Bonchev–Trinajstić information content (AvgIpc) is 2.72. The molecule has 0 aliphatic heterocycles. The van der Waals surface area contributed by atoms with Crippen LogP contribution >= 0.6 is 0 Å². The SMILES string of the molecule is CC(=O)Nc1cccc(C(=O)NCc2cccc(NC(=O)Nc3cccc(C)c3)c2)c1. The number of anilines is 3. The van der Waals surface area contributed by atoms with Crippen LogP contribution < -0.4 is 21.3 Å². The molecule has 3 aromatic rings. The van der Waals surface area contributed by atoms with Crippen molar-refractivity contribution in [1.82, 2.24) is 5.32 Å². The number of urea groups is 1. The van der Waals surface area contributed by atoms with E-state index in [2.05, 4.69) is 21.3 Å². The molecule has 158 valence electrons. The molecule has 31 heavy (non-hydrogen) atoms.